The van der Waals surface area contributed by atoms with Gasteiger partial charge in [0.15, 0.2) is 0 Å². The van der Waals surface area contributed by atoms with Crippen molar-refractivity contribution in [2.75, 3.05) is 13.7 Å². The van der Waals surface area contributed by atoms with Gasteiger partial charge >= 0.3 is 0 Å². The first-order valence-corrected chi connectivity index (χ1v) is 7.06. The van der Waals surface area contributed by atoms with E-state index in [9.17, 15) is 0 Å². The Balaban J connectivity index is 2.69. The monoisotopic (exact) mass is 249 g/mol. The van der Waals surface area contributed by atoms with Crippen molar-refractivity contribution in [1.29, 1.82) is 0 Å². The van der Waals surface area contributed by atoms with Crippen molar-refractivity contribution in [2.45, 2.75) is 46.1 Å². The SMILES string of the molecule is CCNC(Cc1ccccc1OC)CC(C)CC. The number of para-hydroxylation sites is 1. The molecule has 0 saturated carbocycles. The molecule has 0 saturated heterocycles. The van der Waals surface area contributed by atoms with Crippen LogP contribution in [0.5, 0.6) is 5.75 Å². The van der Waals surface area contributed by atoms with Gasteiger partial charge in [0.05, 0.1) is 7.11 Å². The van der Waals surface area contributed by atoms with Crippen LogP contribution in [-0.2, 0) is 6.42 Å². The lowest BCUT2D eigenvalue weighted by atomic mass is 9.94. The molecule has 0 bridgehead atoms. The lowest BCUT2D eigenvalue weighted by Gasteiger charge is -2.22. The largest absolute Gasteiger partial charge is 0.496 e. The average Bonchev–Trinajstić information content (AvgIpc) is 2.39. The quantitative estimate of drug-likeness (QED) is 0.759. The Hall–Kier alpha value is -1.02. The molecule has 0 aromatic heterocycles. The average molecular weight is 249 g/mol. The van der Waals surface area contributed by atoms with Crippen LogP contribution in [0.4, 0.5) is 0 Å². The number of ether oxygens (including phenoxy) is 1. The zero-order valence-corrected chi connectivity index (χ0v) is 12.2. The molecule has 1 aromatic rings. The highest BCUT2D eigenvalue weighted by molar-refractivity contribution is 5.33. The molecule has 0 radical (unpaired) electrons. The van der Waals surface area contributed by atoms with Crippen LogP contribution < -0.4 is 10.1 Å². The van der Waals surface area contributed by atoms with Crippen LogP contribution in [0.15, 0.2) is 24.3 Å². The molecule has 0 aliphatic heterocycles. The molecule has 0 spiro atoms. The summed E-state index contributed by atoms with van der Waals surface area (Å²) < 4.78 is 5.43. The van der Waals surface area contributed by atoms with Gasteiger partial charge in [0.25, 0.3) is 0 Å². The highest BCUT2D eigenvalue weighted by Gasteiger charge is 2.14. The molecule has 102 valence electrons. The fourth-order valence-corrected chi connectivity index (χ4v) is 2.32. The van der Waals surface area contributed by atoms with Gasteiger partial charge in [-0.15, -0.1) is 0 Å². The van der Waals surface area contributed by atoms with E-state index in [0.717, 1.165) is 24.6 Å². The third-order valence-electron chi connectivity index (χ3n) is 3.54. The van der Waals surface area contributed by atoms with Gasteiger partial charge in [-0.25, -0.2) is 0 Å². The smallest absolute Gasteiger partial charge is 0.122 e. The number of benzene rings is 1. The summed E-state index contributed by atoms with van der Waals surface area (Å²) in [5.41, 5.74) is 1.30. The van der Waals surface area contributed by atoms with E-state index in [4.69, 9.17) is 4.74 Å². The molecule has 0 heterocycles. The van der Waals surface area contributed by atoms with E-state index in [0.29, 0.717) is 6.04 Å². The molecule has 2 unspecified atom stereocenters. The van der Waals surface area contributed by atoms with Gasteiger partial charge in [-0.2, -0.15) is 0 Å². The topological polar surface area (TPSA) is 21.3 Å². The molecule has 1 aromatic carbocycles. The van der Waals surface area contributed by atoms with Gasteiger partial charge in [-0.3, -0.25) is 0 Å². The lowest BCUT2D eigenvalue weighted by molar-refractivity contribution is 0.381. The summed E-state index contributed by atoms with van der Waals surface area (Å²) in [6.45, 7) is 7.78. The Morgan fingerprint density at radius 3 is 2.56 bits per heavy atom. The third-order valence-corrected chi connectivity index (χ3v) is 3.54. The van der Waals surface area contributed by atoms with Crippen LogP contribution in [0.2, 0.25) is 0 Å². The summed E-state index contributed by atoms with van der Waals surface area (Å²) in [6.07, 6.45) is 3.51. The molecule has 0 amide bonds. The number of nitrogens with one attached hydrogen (secondary N) is 1. The second kappa shape index (κ2) is 8.15. The highest BCUT2D eigenvalue weighted by Crippen LogP contribution is 2.21. The molecule has 0 aliphatic rings. The summed E-state index contributed by atoms with van der Waals surface area (Å²) in [7, 11) is 1.75. The highest BCUT2D eigenvalue weighted by atomic mass is 16.5. The fourth-order valence-electron chi connectivity index (χ4n) is 2.32. The van der Waals surface area contributed by atoms with Crippen molar-refractivity contribution in [2.24, 2.45) is 5.92 Å². The zero-order chi connectivity index (χ0) is 13.4. The molecule has 0 fully saturated rings. The second-order valence-corrected chi connectivity index (χ2v) is 5.02. The van der Waals surface area contributed by atoms with Crippen molar-refractivity contribution in [1.82, 2.24) is 5.32 Å². The first-order chi connectivity index (χ1) is 8.71. The molecule has 1 rings (SSSR count). The Morgan fingerprint density at radius 2 is 1.94 bits per heavy atom. The maximum atomic E-state index is 5.43. The fraction of sp³-hybridized carbons (Fsp3) is 0.625. The maximum absolute atomic E-state index is 5.43. The normalized spacial score (nSPS) is 14.2. The summed E-state index contributed by atoms with van der Waals surface area (Å²) in [5.74, 6) is 1.77. The molecule has 2 heteroatoms. The van der Waals surface area contributed by atoms with E-state index in [1.807, 2.05) is 12.1 Å². The Morgan fingerprint density at radius 1 is 1.22 bits per heavy atom. The minimum atomic E-state index is 0.543. The van der Waals surface area contributed by atoms with Gasteiger partial charge in [0, 0.05) is 6.04 Å². The first kappa shape index (κ1) is 15.0. The number of likely N-dealkylation sites (N-methyl/N-ethyl adjacent to an activating group) is 1. The standard InChI is InChI=1S/C16H27NO/c1-5-13(3)11-15(17-6-2)12-14-9-7-8-10-16(14)18-4/h7-10,13,15,17H,5-6,11-12H2,1-4H3. The van der Waals surface area contributed by atoms with E-state index in [1.54, 1.807) is 7.11 Å². The zero-order valence-electron chi connectivity index (χ0n) is 12.2. The van der Waals surface area contributed by atoms with E-state index in [-0.39, 0.29) is 0 Å². The van der Waals surface area contributed by atoms with E-state index in [2.05, 4.69) is 38.2 Å². The molecule has 2 atom stereocenters. The van der Waals surface area contributed by atoms with Gasteiger partial charge < -0.3 is 10.1 Å². The van der Waals surface area contributed by atoms with Crippen molar-refractivity contribution in [3.63, 3.8) is 0 Å². The molecule has 1 N–H and O–H groups in total. The van der Waals surface area contributed by atoms with Crippen LogP contribution in [-0.4, -0.2) is 19.7 Å². The second-order valence-electron chi connectivity index (χ2n) is 5.02. The Bertz CT molecular complexity index is 338. The minimum absolute atomic E-state index is 0.543. The van der Waals surface area contributed by atoms with Crippen LogP contribution in [0.25, 0.3) is 0 Å². The molecular formula is C16H27NO. The number of rotatable bonds is 8. The lowest BCUT2D eigenvalue weighted by Crippen LogP contribution is -2.32. The van der Waals surface area contributed by atoms with E-state index >= 15 is 0 Å². The molecular weight excluding hydrogens is 222 g/mol. The van der Waals surface area contributed by atoms with Crippen molar-refractivity contribution < 1.29 is 4.74 Å². The van der Waals surface area contributed by atoms with Gasteiger partial charge in [0.2, 0.25) is 0 Å². The van der Waals surface area contributed by atoms with Gasteiger partial charge in [0.1, 0.15) is 5.75 Å². The molecule has 0 aliphatic carbocycles. The molecule has 2 nitrogen and oxygen atoms in total. The predicted octanol–water partition coefficient (Wildman–Crippen LogP) is 3.65. The predicted molar refractivity (Wildman–Crippen MR) is 78.2 cm³/mol. The van der Waals surface area contributed by atoms with Crippen LogP contribution >= 0.6 is 0 Å². The van der Waals surface area contributed by atoms with E-state index < -0.39 is 0 Å². The number of hydrogen-bond donors (Lipinski definition) is 1. The Labute approximate surface area is 112 Å². The minimum Gasteiger partial charge on any atom is -0.496 e. The van der Waals surface area contributed by atoms with Crippen LogP contribution in [0, 0.1) is 5.92 Å². The summed E-state index contributed by atoms with van der Waals surface area (Å²) >= 11 is 0. The number of hydrogen-bond acceptors (Lipinski definition) is 2. The summed E-state index contributed by atoms with van der Waals surface area (Å²) in [5, 5.41) is 3.59. The maximum Gasteiger partial charge on any atom is 0.122 e. The summed E-state index contributed by atoms with van der Waals surface area (Å²) in [6, 6.07) is 8.87. The third kappa shape index (κ3) is 4.69. The van der Waals surface area contributed by atoms with Gasteiger partial charge in [-0.1, -0.05) is 45.4 Å². The molecule has 18 heavy (non-hydrogen) atoms. The number of methoxy groups -OCH3 is 1. The van der Waals surface area contributed by atoms with Gasteiger partial charge in [-0.05, 0) is 36.9 Å². The van der Waals surface area contributed by atoms with Crippen molar-refractivity contribution >= 4 is 0 Å². The van der Waals surface area contributed by atoms with E-state index in [1.165, 1.54) is 18.4 Å². The van der Waals surface area contributed by atoms with Crippen LogP contribution in [0.3, 0.4) is 0 Å². The van der Waals surface area contributed by atoms with Crippen LogP contribution in [0.1, 0.15) is 39.2 Å². The van der Waals surface area contributed by atoms with Crippen molar-refractivity contribution in [3.05, 3.63) is 29.8 Å². The summed E-state index contributed by atoms with van der Waals surface area (Å²) in [4.78, 5) is 0. The Kier molecular flexibility index (Phi) is 6.81. The van der Waals surface area contributed by atoms with Crippen molar-refractivity contribution in [3.8, 4) is 5.75 Å². The first-order valence-electron chi connectivity index (χ1n) is 7.06.